The van der Waals surface area contributed by atoms with Gasteiger partial charge in [-0.15, -0.1) is 0 Å². The zero-order chi connectivity index (χ0) is 15.3. The average Bonchev–Trinajstić information content (AvgIpc) is 2.30. The number of nitrogens with one attached hydrogen (secondary N) is 1. The quantitative estimate of drug-likeness (QED) is 0.788. The number of carbonyl (C=O) groups is 1. The fourth-order valence-electron chi connectivity index (χ4n) is 1.68. The van der Waals surface area contributed by atoms with Crippen molar-refractivity contribution in [1.29, 1.82) is 0 Å². The summed E-state index contributed by atoms with van der Waals surface area (Å²) in [5.41, 5.74) is 6.47. The van der Waals surface area contributed by atoms with E-state index in [2.05, 4.69) is 5.32 Å². The van der Waals surface area contributed by atoms with E-state index in [1.165, 1.54) is 6.07 Å². The lowest BCUT2D eigenvalue weighted by Crippen LogP contribution is -2.21. The minimum absolute atomic E-state index is 0.0547. The molecule has 1 aromatic rings. The molecule has 0 unspecified atom stereocenters. The van der Waals surface area contributed by atoms with Gasteiger partial charge in [0.15, 0.2) is 9.84 Å². The zero-order valence-corrected chi connectivity index (χ0v) is 13.1. The zero-order valence-electron chi connectivity index (χ0n) is 11.5. The summed E-state index contributed by atoms with van der Waals surface area (Å²) in [7, 11) is -3.19. The summed E-state index contributed by atoms with van der Waals surface area (Å²) >= 11 is 5.77. The second-order valence-electron chi connectivity index (χ2n) is 5.04. The summed E-state index contributed by atoms with van der Waals surface area (Å²) in [6.45, 7) is 3.65. The van der Waals surface area contributed by atoms with Crippen molar-refractivity contribution in [1.82, 2.24) is 0 Å². The number of carbonyl (C=O) groups excluding carboxylic acids is 1. The molecule has 3 N–H and O–H groups in total. The Morgan fingerprint density at radius 2 is 2.05 bits per heavy atom. The van der Waals surface area contributed by atoms with Crippen LogP contribution in [-0.4, -0.2) is 25.8 Å². The molecule has 0 heterocycles. The van der Waals surface area contributed by atoms with E-state index in [4.69, 9.17) is 17.3 Å². The average molecular weight is 319 g/mol. The first kappa shape index (κ1) is 16.8. The Bertz CT molecular complexity index is 585. The van der Waals surface area contributed by atoms with Crippen molar-refractivity contribution >= 4 is 38.7 Å². The smallest absolute Gasteiger partial charge is 0.225 e. The van der Waals surface area contributed by atoms with Crippen LogP contribution in [-0.2, 0) is 14.6 Å². The fourth-order valence-corrected chi connectivity index (χ4v) is 3.48. The molecule has 112 valence electrons. The van der Waals surface area contributed by atoms with Gasteiger partial charge >= 0.3 is 0 Å². The lowest BCUT2D eigenvalue weighted by Gasteiger charge is -2.08. The molecule has 20 heavy (non-hydrogen) atoms. The molecule has 0 saturated heterocycles. The predicted molar refractivity (Wildman–Crippen MR) is 82.6 cm³/mol. The molecule has 0 aliphatic heterocycles. The molecule has 0 bridgehead atoms. The maximum Gasteiger partial charge on any atom is 0.225 e. The first-order chi connectivity index (χ1) is 9.19. The van der Waals surface area contributed by atoms with Gasteiger partial charge in [0.25, 0.3) is 0 Å². The largest absolute Gasteiger partial charge is 0.397 e. The highest BCUT2D eigenvalue weighted by Crippen LogP contribution is 2.22. The SMILES string of the molecule is CC(C)CS(=O)(=O)CCC(=O)Nc1ccc(Cl)c(N)c1. The van der Waals surface area contributed by atoms with Gasteiger partial charge in [0, 0.05) is 12.1 Å². The first-order valence-corrected chi connectivity index (χ1v) is 8.45. The second-order valence-corrected chi connectivity index (χ2v) is 7.68. The number of amides is 1. The number of anilines is 2. The number of sulfone groups is 1. The predicted octanol–water partition coefficient (Wildman–Crippen LogP) is 2.32. The van der Waals surface area contributed by atoms with Crippen molar-refractivity contribution in [3.8, 4) is 0 Å². The Morgan fingerprint density at radius 1 is 1.40 bits per heavy atom. The van der Waals surface area contributed by atoms with Crippen LogP contribution >= 0.6 is 11.6 Å². The van der Waals surface area contributed by atoms with E-state index in [9.17, 15) is 13.2 Å². The lowest BCUT2D eigenvalue weighted by molar-refractivity contribution is -0.115. The third-order valence-corrected chi connectivity index (χ3v) is 4.85. The van der Waals surface area contributed by atoms with Gasteiger partial charge in [-0.2, -0.15) is 0 Å². The molecule has 5 nitrogen and oxygen atoms in total. The Labute approximate surface area is 124 Å². The van der Waals surface area contributed by atoms with Gasteiger partial charge in [0.2, 0.25) is 5.91 Å². The van der Waals surface area contributed by atoms with Gasteiger partial charge in [-0.25, -0.2) is 8.42 Å². The lowest BCUT2D eigenvalue weighted by atomic mass is 10.2. The van der Waals surface area contributed by atoms with Crippen molar-refractivity contribution in [2.75, 3.05) is 22.6 Å². The maximum atomic E-state index is 11.7. The van der Waals surface area contributed by atoms with Crippen LogP contribution in [0, 0.1) is 5.92 Å². The van der Waals surface area contributed by atoms with Crippen molar-refractivity contribution < 1.29 is 13.2 Å². The highest BCUT2D eigenvalue weighted by atomic mass is 35.5. The molecule has 0 aliphatic carbocycles. The normalized spacial score (nSPS) is 11.6. The number of nitrogens with two attached hydrogens (primary N) is 1. The molecular weight excluding hydrogens is 300 g/mol. The molecule has 0 spiro atoms. The molecule has 0 aromatic heterocycles. The molecule has 0 saturated carbocycles. The van der Waals surface area contributed by atoms with Gasteiger partial charge in [-0.05, 0) is 24.1 Å². The molecule has 0 radical (unpaired) electrons. The van der Waals surface area contributed by atoms with Crippen LogP contribution in [0.1, 0.15) is 20.3 Å². The van der Waals surface area contributed by atoms with Gasteiger partial charge in [-0.1, -0.05) is 25.4 Å². The minimum Gasteiger partial charge on any atom is -0.397 e. The Balaban J connectivity index is 2.54. The number of rotatable bonds is 6. The topological polar surface area (TPSA) is 89.3 Å². The summed E-state index contributed by atoms with van der Waals surface area (Å²) in [5.74, 6) is -0.368. The van der Waals surface area contributed by atoms with Crippen LogP contribution in [0.15, 0.2) is 18.2 Å². The maximum absolute atomic E-state index is 11.7. The minimum atomic E-state index is -3.19. The van der Waals surface area contributed by atoms with E-state index in [1.807, 2.05) is 13.8 Å². The molecule has 7 heteroatoms. The Morgan fingerprint density at radius 3 is 2.60 bits per heavy atom. The van der Waals surface area contributed by atoms with Crippen LogP contribution in [0.25, 0.3) is 0 Å². The molecule has 1 amide bonds. The van der Waals surface area contributed by atoms with Crippen LogP contribution in [0.5, 0.6) is 0 Å². The van der Waals surface area contributed by atoms with Crippen molar-refractivity contribution in [2.24, 2.45) is 5.92 Å². The third-order valence-electron chi connectivity index (χ3n) is 2.51. The van der Waals surface area contributed by atoms with Crippen LogP contribution in [0.3, 0.4) is 0 Å². The van der Waals surface area contributed by atoms with E-state index in [1.54, 1.807) is 12.1 Å². The van der Waals surface area contributed by atoms with Crippen molar-refractivity contribution in [3.63, 3.8) is 0 Å². The standard InChI is InChI=1S/C13H19ClN2O3S/c1-9(2)8-20(18,19)6-5-13(17)16-10-3-4-11(14)12(15)7-10/h3-4,7,9H,5-6,8,15H2,1-2H3,(H,16,17). The summed E-state index contributed by atoms with van der Waals surface area (Å²) in [6.07, 6.45) is -0.0718. The monoisotopic (exact) mass is 318 g/mol. The van der Waals surface area contributed by atoms with Gasteiger partial charge in [0.05, 0.1) is 22.2 Å². The van der Waals surface area contributed by atoms with Crippen LogP contribution in [0.2, 0.25) is 5.02 Å². The summed E-state index contributed by atoms with van der Waals surface area (Å²) in [4.78, 5) is 11.7. The van der Waals surface area contributed by atoms with E-state index in [0.29, 0.717) is 16.4 Å². The fraction of sp³-hybridized carbons (Fsp3) is 0.462. The van der Waals surface area contributed by atoms with Gasteiger partial charge in [0.1, 0.15) is 0 Å². The molecule has 0 aliphatic rings. The number of hydrogen-bond acceptors (Lipinski definition) is 4. The van der Waals surface area contributed by atoms with E-state index in [-0.39, 0.29) is 29.8 Å². The highest BCUT2D eigenvalue weighted by molar-refractivity contribution is 7.91. The Hall–Kier alpha value is -1.27. The molecule has 0 fully saturated rings. The van der Waals surface area contributed by atoms with Crippen LogP contribution < -0.4 is 11.1 Å². The highest BCUT2D eigenvalue weighted by Gasteiger charge is 2.15. The number of halogens is 1. The summed E-state index contributed by atoms with van der Waals surface area (Å²) in [6, 6.07) is 4.71. The van der Waals surface area contributed by atoms with Crippen molar-refractivity contribution in [3.05, 3.63) is 23.2 Å². The van der Waals surface area contributed by atoms with Gasteiger partial charge in [-0.3, -0.25) is 4.79 Å². The molecule has 1 rings (SSSR count). The molecule has 0 atom stereocenters. The molecule has 1 aromatic carbocycles. The third kappa shape index (κ3) is 5.79. The van der Waals surface area contributed by atoms with E-state index < -0.39 is 9.84 Å². The number of benzene rings is 1. The number of hydrogen-bond donors (Lipinski definition) is 2. The Kier molecular flexibility index (Phi) is 5.83. The number of nitrogen functional groups attached to an aromatic ring is 1. The molecular formula is C13H19ClN2O3S. The van der Waals surface area contributed by atoms with Crippen molar-refractivity contribution in [2.45, 2.75) is 20.3 Å². The summed E-state index contributed by atoms with van der Waals surface area (Å²) < 4.78 is 23.4. The van der Waals surface area contributed by atoms with E-state index >= 15 is 0 Å². The summed E-state index contributed by atoms with van der Waals surface area (Å²) in [5, 5.41) is 3.00. The van der Waals surface area contributed by atoms with Crippen LogP contribution in [0.4, 0.5) is 11.4 Å². The van der Waals surface area contributed by atoms with Gasteiger partial charge < -0.3 is 11.1 Å². The first-order valence-electron chi connectivity index (χ1n) is 6.25. The second kappa shape index (κ2) is 6.95. The van der Waals surface area contributed by atoms with E-state index in [0.717, 1.165) is 0 Å².